The third kappa shape index (κ3) is 4.60. The van der Waals surface area contributed by atoms with Crippen molar-refractivity contribution in [3.05, 3.63) is 82.0 Å². The number of hydrogen-bond acceptors (Lipinski definition) is 7. The molecule has 0 radical (unpaired) electrons. The van der Waals surface area contributed by atoms with Gasteiger partial charge in [0.25, 0.3) is 5.56 Å². The van der Waals surface area contributed by atoms with Crippen molar-refractivity contribution in [3.63, 3.8) is 0 Å². The summed E-state index contributed by atoms with van der Waals surface area (Å²) in [7, 11) is 0. The molecule has 1 fully saturated rings. The molecule has 0 spiro atoms. The number of aromatic nitrogens is 5. The van der Waals surface area contributed by atoms with Gasteiger partial charge in [0.15, 0.2) is 5.65 Å². The Hall–Kier alpha value is -4.02. The fourth-order valence-corrected chi connectivity index (χ4v) is 4.78. The molecule has 3 aromatic heterocycles. The Kier molecular flexibility index (Phi) is 6.53. The Balaban J connectivity index is 1.48. The van der Waals surface area contributed by atoms with Gasteiger partial charge in [-0.05, 0) is 43.4 Å². The van der Waals surface area contributed by atoms with E-state index in [0.717, 1.165) is 5.56 Å². The van der Waals surface area contributed by atoms with Crippen molar-refractivity contribution in [2.75, 3.05) is 18.0 Å². The SMILES string of the molecule is Cc1cccc(F)c1N1CCC(c2cc3nccnc3n(Cc3nccnc3OC(F)F)c2=O)CC1. The van der Waals surface area contributed by atoms with Crippen LogP contribution in [0.15, 0.2) is 53.8 Å². The van der Waals surface area contributed by atoms with E-state index in [4.69, 9.17) is 0 Å². The zero-order valence-electron chi connectivity index (χ0n) is 19.4. The highest BCUT2D eigenvalue weighted by atomic mass is 19.3. The van der Waals surface area contributed by atoms with Gasteiger partial charge in [-0.25, -0.2) is 14.4 Å². The fourth-order valence-electron chi connectivity index (χ4n) is 4.78. The molecule has 1 saturated heterocycles. The number of piperidine rings is 1. The van der Waals surface area contributed by atoms with Crippen LogP contribution in [0.25, 0.3) is 11.2 Å². The number of aryl methyl sites for hydroxylation is 1. The molecule has 0 atom stereocenters. The summed E-state index contributed by atoms with van der Waals surface area (Å²) in [6.45, 7) is -0.195. The minimum atomic E-state index is -3.08. The molecule has 0 bridgehead atoms. The maximum Gasteiger partial charge on any atom is 0.388 e. The zero-order valence-corrected chi connectivity index (χ0v) is 19.4. The summed E-state index contributed by atoms with van der Waals surface area (Å²) in [6.07, 6.45) is 6.85. The normalized spacial score (nSPS) is 14.5. The van der Waals surface area contributed by atoms with E-state index in [1.54, 1.807) is 12.1 Å². The van der Waals surface area contributed by atoms with Gasteiger partial charge in [-0.15, -0.1) is 0 Å². The molecule has 4 heterocycles. The summed E-state index contributed by atoms with van der Waals surface area (Å²) in [4.78, 5) is 32.3. The lowest BCUT2D eigenvalue weighted by atomic mass is 9.89. The van der Waals surface area contributed by atoms with E-state index in [9.17, 15) is 18.0 Å². The monoisotopic (exact) mass is 496 g/mol. The van der Waals surface area contributed by atoms with Gasteiger partial charge in [-0.1, -0.05) is 12.1 Å². The molecule has 4 aromatic rings. The first-order valence-electron chi connectivity index (χ1n) is 11.5. The molecule has 1 aliphatic rings. The van der Waals surface area contributed by atoms with Crippen molar-refractivity contribution >= 4 is 16.9 Å². The molecule has 0 N–H and O–H groups in total. The highest BCUT2D eigenvalue weighted by Crippen LogP contribution is 2.32. The van der Waals surface area contributed by atoms with Crippen LogP contribution >= 0.6 is 0 Å². The fraction of sp³-hybridized carbons (Fsp3) is 0.320. The van der Waals surface area contributed by atoms with Crippen LogP contribution in [-0.4, -0.2) is 44.2 Å². The molecular weight excluding hydrogens is 473 g/mol. The molecule has 11 heteroatoms. The standard InChI is InChI=1S/C25H23F3N6O2/c1-15-3-2-4-18(26)21(15)33-11-5-16(6-12-33)17-13-19-22(31-9-7-29-19)34(24(17)35)14-20-23(36-25(27)28)32-10-8-30-20/h2-4,7-10,13,16,25H,5-6,11-12,14H2,1H3. The van der Waals surface area contributed by atoms with Crippen LogP contribution in [0.2, 0.25) is 0 Å². The third-order valence-corrected chi connectivity index (χ3v) is 6.43. The number of ether oxygens (including phenoxy) is 1. The van der Waals surface area contributed by atoms with E-state index in [-0.39, 0.29) is 35.4 Å². The Bertz CT molecular complexity index is 1430. The van der Waals surface area contributed by atoms with Crippen LogP contribution < -0.4 is 15.2 Å². The average molecular weight is 496 g/mol. The molecule has 0 unspecified atom stereocenters. The van der Waals surface area contributed by atoms with Crippen molar-refractivity contribution in [2.24, 2.45) is 0 Å². The molecule has 8 nitrogen and oxygen atoms in total. The van der Waals surface area contributed by atoms with E-state index >= 15 is 0 Å². The quantitative estimate of drug-likeness (QED) is 0.398. The van der Waals surface area contributed by atoms with E-state index in [1.165, 1.54) is 35.4 Å². The highest BCUT2D eigenvalue weighted by Gasteiger charge is 2.27. The zero-order chi connectivity index (χ0) is 25.2. The van der Waals surface area contributed by atoms with Crippen LogP contribution in [-0.2, 0) is 6.54 Å². The second-order valence-electron chi connectivity index (χ2n) is 8.61. The van der Waals surface area contributed by atoms with Crippen LogP contribution in [0.4, 0.5) is 18.9 Å². The Morgan fingerprint density at radius 2 is 1.78 bits per heavy atom. The first-order valence-corrected chi connectivity index (χ1v) is 11.5. The summed E-state index contributed by atoms with van der Waals surface area (Å²) in [5.41, 5.74) is 2.58. The molecule has 5 rings (SSSR count). The molecule has 0 aliphatic carbocycles. The van der Waals surface area contributed by atoms with Crippen molar-refractivity contribution < 1.29 is 17.9 Å². The van der Waals surface area contributed by atoms with Gasteiger partial charge in [0.1, 0.15) is 17.0 Å². The number of nitrogens with zero attached hydrogens (tertiary/aromatic N) is 6. The second kappa shape index (κ2) is 9.92. The van der Waals surface area contributed by atoms with Gasteiger partial charge in [0, 0.05) is 43.4 Å². The Morgan fingerprint density at radius 1 is 1.06 bits per heavy atom. The number of benzene rings is 1. The average Bonchev–Trinajstić information content (AvgIpc) is 2.87. The number of para-hydroxylation sites is 1. The Labute approximate surface area is 204 Å². The number of pyridine rings is 1. The van der Waals surface area contributed by atoms with Gasteiger partial charge in [0.05, 0.1) is 12.2 Å². The second-order valence-corrected chi connectivity index (χ2v) is 8.61. The van der Waals surface area contributed by atoms with Gasteiger partial charge in [-0.3, -0.25) is 19.3 Å². The largest absolute Gasteiger partial charge is 0.415 e. The van der Waals surface area contributed by atoms with Crippen LogP contribution in [0, 0.1) is 12.7 Å². The number of alkyl halides is 2. The predicted molar refractivity (Wildman–Crippen MR) is 127 cm³/mol. The number of halogens is 3. The summed E-state index contributed by atoms with van der Waals surface area (Å²) < 4.78 is 46.1. The van der Waals surface area contributed by atoms with E-state index < -0.39 is 6.61 Å². The molecule has 0 amide bonds. The topological polar surface area (TPSA) is 86.0 Å². The summed E-state index contributed by atoms with van der Waals surface area (Å²) >= 11 is 0. The first-order chi connectivity index (χ1) is 17.4. The minimum Gasteiger partial charge on any atom is -0.415 e. The number of rotatable bonds is 6. The highest BCUT2D eigenvalue weighted by molar-refractivity contribution is 5.71. The molecule has 1 aliphatic heterocycles. The summed E-state index contributed by atoms with van der Waals surface area (Å²) in [5.74, 6) is -0.699. The summed E-state index contributed by atoms with van der Waals surface area (Å²) in [5, 5.41) is 0. The van der Waals surface area contributed by atoms with Gasteiger partial charge < -0.3 is 9.64 Å². The van der Waals surface area contributed by atoms with E-state index in [0.29, 0.717) is 48.3 Å². The first kappa shape index (κ1) is 23.7. The van der Waals surface area contributed by atoms with Crippen LogP contribution in [0.5, 0.6) is 5.88 Å². The maximum atomic E-state index is 14.5. The Morgan fingerprint density at radius 3 is 2.53 bits per heavy atom. The minimum absolute atomic E-state index is 0.0776. The number of anilines is 1. The van der Waals surface area contributed by atoms with Crippen LogP contribution in [0.1, 0.15) is 35.6 Å². The van der Waals surface area contributed by atoms with Crippen molar-refractivity contribution in [3.8, 4) is 5.88 Å². The van der Waals surface area contributed by atoms with Gasteiger partial charge >= 0.3 is 6.61 Å². The predicted octanol–water partition coefficient (Wildman–Crippen LogP) is 4.06. The molecule has 36 heavy (non-hydrogen) atoms. The third-order valence-electron chi connectivity index (χ3n) is 6.43. The lowest BCUT2D eigenvalue weighted by molar-refractivity contribution is -0.0538. The van der Waals surface area contributed by atoms with Crippen molar-refractivity contribution in [2.45, 2.75) is 38.8 Å². The lowest BCUT2D eigenvalue weighted by Gasteiger charge is -2.34. The number of hydrogen-bond donors (Lipinski definition) is 0. The van der Waals surface area contributed by atoms with Crippen molar-refractivity contribution in [1.29, 1.82) is 0 Å². The van der Waals surface area contributed by atoms with E-state index in [2.05, 4.69) is 24.7 Å². The molecule has 0 saturated carbocycles. The molecular formula is C25H23F3N6O2. The lowest BCUT2D eigenvalue weighted by Crippen LogP contribution is -2.36. The van der Waals surface area contributed by atoms with Crippen molar-refractivity contribution in [1.82, 2.24) is 24.5 Å². The molecule has 186 valence electrons. The summed E-state index contributed by atoms with van der Waals surface area (Å²) in [6, 6.07) is 6.76. The van der Waals surface area contributed by atoms with Crippen LogP contribution in [0.3, 0.4) is 0 Å². The van der Waals surface area contributed by atoms with Gasteiger partial charge in [0.2, 0.25) is 5.88 Å². The smallest absolute Gasteiger partial charge is 0.388 e. The molecule has 1 aromatic carbocycles. The number of fused-ring (bicyclic) bond motifs is 1. The van der Waals surface area contributed by atoms with E-state index in [1.807, 2.05) is 17.9 Å². The maximum absolute atomic E-state index is 14.5. The van der Waals surface area contributed by atoms with Gasteiger partial charge in [-0.2, -0.15) is 8.78 Å².